The summed E-state index contributed by atoms with van der Waals surface area (Å²) in [5.74, 6) is 0.746. The second-order valence-electron chi connectivity index (χ2n) is 1.62. The SMILES string of the molecule is C#COc1cccc(N)n1. The van der Waals surface area contributed by atoms with Gasteiger partial charge < -0.3 is 10.5 Å². The quantitative estimate of drug-likeness (QED) is 0.573. The fourth-order valence-corrected chi connectivity index (χ4v) is 0.548. The average Bonchev–Trinajstić information content (AvgIpc) is 1.88. The van der Waals surface area contributed by atoms with E-state index in [2.05, 4.69) is 9.72 Å². The van der Waals surface area contributed by atoms with E-state index in [1.165, 1.54) is 0 Å². The van der Waals surface area contributed by atoms with Crippen LogP contribution in [0.25, 0.3) is 0 Å². The molecule has 0 aliphatic heterocycles. The molecule has 1 heterocycles. The number of nitrogens with two attached hydrogens (primary N) is 1. The van der Waals surface area contributed by atoms with Gasteiger partial charge in [0.25, 0.3) is 0 Å². The number of hydrogen-bond donors (Lipinski definition) is 1. The third-order valence-corrected chi connectivity index (χ3v) is 0.909. The normalized spacial score (nSPS) is 8.30. The zero-order chi connectivity index (χ0) is 7.40. The molecular weight excluding hydrogens is 128 g/mol. The lowest BCUT2D eigenvalue weighted by atomic mass is 10.5. The zero-order valence-corrected chi connectivity index (χ0v) is 5.24. The topological polar surface area (TPSA) is 48.1 Å². The molecule has 0 radical (unpaired) electrons. The Morgan fingerprint density at radius 1 is 1.60 bits per heavy atom. The lowest BCUT2D eigenvalue weighted by Gasteiger charge is -1.94. The highest BCUT2D eigenvalue weighted by Crippen LogP contribution is 2.06. The maximum absolute atomic E-state index is 5.33. The summed E-state index contributed by atoms with van der Waals surface area (Å²) in [4.78, 5) is 3.78. The second kappa shape index (κ2) is 2.74. The molecule has 0 spiro atoms. The van der Waals surface area contributed by atoms with Crippen molar-refractivity contribution in [3.05, 3.63) is 18.2 Å². The third kappa shape index (κ3) is 1.39. The Morgan fingerprint density at radius 3 is 3.00 bits per heavy atom. The summed E-state index contributed by atoms with van der Waals surface area (Å²) in [6.45, 7) is 0. The zero-order valence-electron chi connectivity index (χ0n) is 5.24. The van der Waals surface area contributed by atoms with Gasteiger partial charge in [0, 0.05) is 6.07 Å². The predicted molar refractivity (Wildman–Crippen MR) is 38.1 cm³/mol. The van der Waals surface area contributed by atoms with E-state index >= 15 is 0 Å². The molecule has 0 unspecified atom stereocenters. The van der Waals surface area contributed by atoms with Crippen molar-refractivity contribution in [3.8, 4) is 18.4 Å². The number of aromatic nitrogens is 1. The molecule has 3 nitrogen and oxygen atoms in total. The van der Waals surface area contributed by atoms with Crippen LogP contribution in [0, 0.1) is 12.5 Å². The molecule has 10 heavy (non-hydrogen) atoms. The molecule has 2 N–H and O–H groups in total. The van der Waals surface area contributed by atoms with Gasteiger partial charge in [-0.2, -0.15) is 4.98 Å². The minimum atomic E-state index is 0.350. The largest absolute Gasteiger partial charge is 0.388 e. The van der Waals surface area contributed by atoms with E-state index in [1.54, 1.807) is 18.2 Å². The van der Waals surface area contributed by atoms with Gasteiger partial charge in [0.05, 0.1) is 0 Å². The van der Waals surface area contributed by atoms with Crippen molar-refractivity contribution in [3.63, 3.8) is 0 Å². The second-order valence-corrected chi connectivity index (χ2v) is 1.62. The third-order valence-electron chi connectivity index (χ3n) is 0.909. The van der Waals surface area contributed by atoms with Crippen LogP contribution in [0.5, 0.6) is 5.88 Å². The van der Waals surface area contributed by atoms with Crippen LogP contribution in [-0.4, -0.2) is 4.98 Å². The van der Waals surface area contributed by atoms with Crippen LogP contribution in [0.1, 0.15) is 0 Å². The van der Waals surface area contributed by atoms with Crippen molar-refractivity contribution >= 4 is 5.82 Å². The minimum absolute atomic E-state index is 0.350. The molecule has 0 aromatic carbocycles. The van der Waals surface area contributed by atoms with Crippen molar-refractivity contribution < 1.29 is 4.74 Å². The van der Waals surface area contributed by atoms with Gasteiger partial charge in [0.1, 0.15) is 11.9 Å². The van der Waals surface area contributed by atoms with Crippen LogP contribution < -0.4 is 10.5 Å². The molecule has 0 amide bonds. The van der Waals surface area contributed by atoms with E-state index in [9.17, 15) is 0 Å². The van der Waals surface area contributed by atoms with Gasteiger partial charge in [-0.25, -0.2) is 0 Å². The van der Waals surface area contributed by atoms with Gasteiger partial charge in [-0.05, 0) is 6.07 Å². The summed E-state index contributed by atoms with van der Waals surface area (Å²) in [5, 5.41) is 0. The average molecular weight is 134 g/mol. The summed E-state index contributed by atoms with van der Waals surface area (Å²) < 4.78 is 4.62. The number of pyridine rings is 1. The standard InChI is InChI=1S/C7H6N2O/c1-2-10-7-5-3-4-6(8)9-7/h1,3-5H,(H2,8,9). The first kappa shape index (κ1) is 6.43. The van der Waals surface area contributed by atoms with Crippen LogP contribution in [0.2, 0.25) is 0 Å². The van der Waals surface area contributed by atoms with Crippen LogP contribution in [-0.2, 0) is 0 Å². The first-order valence-electron chi connectivity index (χ1n) is 2.68. The summed E-state index contributed by atoms with van der Waals surface area (Å²) in [5.41, 5.74) is 5.33. The number of nitrogen functional groups attached to an aromatic ring is 1. The number of terminal acetylenes is 1. The molecular formula is C7H6N2O. The van der Waals surface area contributed by atoms with Gasteiger partial charge in [-0.15, -0.1) is 0 Å². The molecule has 3 heteroatoms. The summed E-state index contributed by atoms with van der Waals surface area (Å²) in [6.07, 6.45) is 6.85. The Hall–Kier alpha value is -1.69. The van der Waals surface area contributed by atoms with Crippen molar-refractivity contribution in [1.29, 1.82) is 0 Å². The molecule has 1 aromatic heterocycles. The molecule has 1 aromatic rings. The minimum Gasteiger partial charge on any atom is -0.388 e. The first-order chi connectivity index (χ1) is 4.83. The number of anilines is 1. The Bertz CT molecular complexity index is 265. The molecule has 1 rings (SSSR count). The van der Waals surface area contributed by atoms with Crippen molar-refractivity contribution in [2.45, 2.75) is 0 Å². The Morgan fingerprint density at radius 2 is 2.40 bits per heavy atom. The number of rotatable bonds is 1. The molecule has 0 aliphatic rings. The smallest absolute Gasteiger partial charge is 0.232 e. The van der Waals surface area contributed by atoms with Crippen molar-refractivity contribution in [2.75, 3.05) is 5.73 Å². The fraction of sp³-hybridized carbons (Fsp3) is 0. The Labute approximate surface area is 58.8 Å². The van der Waals surface area contributed by atoms with Crippen LogP contribution in [0.15, 0.2) is 18.2 Å². The maximum atomic E-state index is 5.33. The highest BCUT2D eigenvalue weighted by atomic mass is 16.5. The molecule has 0 saturated carbocycles. The fourth-order valence-electron chi connectivity index (χ4n) is 0.548. The van der Waals surface area contributed by atoms with Crippen LogP contribution in [0.3, 0.4) is 0 Å². The van der Waals surface area contributed by atoms with E-state index in [0.29, 0.717) is 11.7 Å². The molecule has 0 aliphatic carbocycles. The highest BCUT2D eigenvalue weighted by molar-refractivity contribution is 5.31. The lowest BCUT2D eigenvalue weighted by molar-refractivity contribution is 0.500. The number of ether oxygens (including phenoxy) is 1. The van der Waals surface area contributed by atoms with E-state index in [4.69, 9.17) is 12.2 Å². The molecule has 0 saturated heterocycles. The van der Waals surface area contributed by atoms with Crippen molar-refractivity contribution in [2.24, 2.45) is 0 Å². The predicted octanol–water partition coefficient (Wildman–Crippen LogP) is 0.633. The van der Waals surface area contributed by atoms with Gasteiger partial charge in [-0.1, -0.05) is 12.5 Å². The molecule has 0 atom stereocenters. The van der Waals surface area contributed by atoms with Gasteiger partial charge in [-0.3, -0.25) is 0 Å². The first-order valence-corrected chi connectivity index (χ1v) is 2.68. The van der Waals surface area contributed by atoms with Gasteiger partial charge in [0.15, 0.2) is 0 Å². The Kier molecular flexibility index (Phi) is 1.76. The molecule has 50 valence electrons. The summed E-state index contributed by atoms with van der Waals surface area (Å²) >= 11 is 0. The number of hydrogen-bond acceptors (Lipinski definition) is 3. The highest BCUT2D eigenvalue weighted by Gasteiger charge is 1.91. The van der Waals surface area contributed by atoms with Gasteiger partial charge in [0.2, 0.25) is 5.88 Å². The van der Waals surface area contributed by atoms with Crippen molar-refractivity contribution in [1.82, 2.24) is 4.98 Å². The monoisotopic (exact) mass is 134 g/mol. The van der Waals surface area contributed by atoms with Crippen LogP contribution in [0.4, 0.5) is 5.82 Å². The van der Waals surface area contributed by atoms with E-state index in [1.807, 2.05) is 6.11 Å². The maximum Gasteiger partial charge on any atom is 0.232 e. The van der Waals surface area contributed by atoms with E-state index in [-0.39, 0.29) is 0 Å². The summed E-state index contributed by atoms with van der Waals surface area (Å²) in [6, 6.07) is 5.01. The van der Waals surface area contributed by atoms with Crippen LogP contribution >= 0.6 is 0 Å². The molecule has 0 fully saturated rings. The van der Waals surface area contributed by atoms with Gasteiger partial charge >= 0.3 is 0 Å². The van der Waals surface area contributed by atoms with E-state index in [0.717, 1.165) is 0 Å². The Balaban J connectivity index is 2.87. The lowest BCUT2D eigenvalue weighted by Crippen LogP contribution is -1.91. The summed E-state index contributed by atoms with van der Waals surface area (Å²) in [7, 11) is 0. The number of nitrogens with zero attached hydrogens (tertiary/aromatic N) is 1. The molecule has 0 bridgehead atoms. The van der Waals surface area contributed by atoms with E-state index < -0.39 is 0 Å².